The standard InChI is InChI=1S/C21H25N7.ClH/c1-14-10-27(11-16(14)23-2)19-18-20(26-13-25-19)28(12-21(18)5-3-6-21)17-8-15(9-22)4-7-24-17;/h4,7-8,13-14,16,23H,3,5-6,10-12H2,1-2H3;1H/t14-,16+;/m0./s1. The number of anilines is 3. The predicted molar refractivity (Wildman–Crippen MR) is 115 cm³/mol. The maximum absolute atomic E-state index is 9.29. The first-order chi connectivity index (χ1) is 13.6. The van der Waals surface area contributed by atoms with E-state index in [1.807, 2.05) is 13.1 Å². The van der Waals surface area contributed by atoms with E-state index < -0.39 is 0 Å². The van der Waals surface area contributed by atoms with Gasteiger partial charge in [-0.3, -0.25) is 0 Å². The van der Waals surface area contributed by atoms with Crippen LogP contribution in [0.2, 0.25) is 0 Å². The molecular weight excluding hydrogens is 386 g/mol. The first kappa shape index (κ1) is 19.9. The van der Waals surface area contributed by atoms with Crippen molar-refractivity contribution >= 4 is 29.9 Å². The summed E-state index contributed by atoms with van der Waals surface area (Å²) in [4.78, 5) is 18.6. The molecule has 8 heteroatoms. The number of aromatic nitrogens is 3. The minimum atomic E-state index is 0. The van der Waals surface area contributed by atoms with Crippen LogP contribution in [-0.4, -0.2) is 47.7 Å². The number of nitrogens with zero attached hydrogens (tertiary/aromatic N) is 6. The molecule has 4 heterocycles. The monoisotopic (exact) mass is 411 g/mol. The summed E-state index contributed by atoms with van der Waals surface area (Å²) in [5.74, 6) is 3.44. The van der Waals surface area contributed by atoms with Crippen LogP contribution in [0.25, 0.3) is 0 Å². The fourth-order valence-corrected chi connectivity index (χ4v) is 5.09. The molecule has 5 rings (SSSR count). The lowest BCUT2D eigenvalue weighted by Crippen LogP contribution is -2.39. The van der Waals surface area contributed by atoms with Crippen LogP contribution in [0.3, 0.4) is 0 Å². The lowest BCUT2D eigenvalue weighted by Gasteiger charge is -2.40. The first-order valence-electron chi connectivity index (χ1n) is 10.1. The van der Waals surface area contributed by atoms with E-state index in [4.69, 9.17) is 4.98 Å². The zero-order chi connectivity index (χ0) is 19.3. The van der Waals surface area contributed by atoms with Gasteiger partial charge >= 0.3 is 0 Å². The highest BCUT2D eigenvalue weighted by molar-refractivity contribution is 5.85. The van der Waals surface area contributed by atoms with Crippen LogP contribution in [0.4, 0.5) is 17.5 Å². The third-order valence-electron chi connectivity index (χ3n) is 6.80. The molecule has 0 bridgehead atoms. The van der Waals surface area contributed by atoms with Gasteiger partial charge in [0.05, 0.1) is 11.6 Å². The third-order valence-corrected chi connectivity index (χ3v) is 6.80. The molecule has 0 unspecified atom stereocenters. The second-order valence-corrected chi connectivity index (χ2v) is 8.41. The maximum Gasteiger partial charge on any atom is 0.143 e. The molecule has 1 saturated carbocycles. The molecule has 2 aromatic rings. The molecule has 7 nitrogen and oxygen atoms in total. The van der Waals surface area contributed by atoms with Crippen molar-refractivity contribution in [3.8, 4) is 6.07 Å². The van der Waals surface area contributed by atoms with Crippen LogP contribution in [0.5, 0.6) is 0 Å². The number of fused-ring (bicyclic) bond motifs is 2. The number of pyridine rings is 1. The van der Waals surface area contributed by atoms with Crippen molar-refractivity contribution in [3.63, 3.8) is 0 Å². The van der Waals surface area contributed by atoms with Gasteiger partial charge in [-0.1, -0.05) is 13.3 Å². The molecule has 29 heavy (non-hydrogen) atoms. The Morgan fingerprint density at radius 3 is 2.66 bits per heavy atom. The second kappa shape index (κ2) is 7.43. The zero-order valence-electron chi connectivity index (χ0n) is 16.8. The molecule has 1 saturated heterocycles. The maximum atomic E-state index is 9.29. The SMILES string of the molecule is CN[C@@H]1CN(c2ncnc3c2C2(CCC2)CN3c2cc(C#N)ccn2)C[C@@H]1C.Cl. The highest BCUT2D eigenvalue weighted by Crippen LogP contribution is 2.56. The van der Waals surface area contributed by atoms with Crippen LogP contribution in [-0.2, 0) is 5.41 Å². The van der Waals surface area contributed by atoms with Gasteiger partial charge in [-0.05, 0) is 37.9 Å². The van der Waals surface area contributed by atoms with Gasteiger partial charge in [-0.25, -0.2) is 15.0 Å². The highest BCUT2D eigenvalue weighted by atomic mass is 35.5. The van der Waals surface area contributed by atoms with E-state index >= 15 is 0 Å². The molecule has 0 radical (unpaired) electrons. The molecule has 2 aromatic heterocycles. The van der Waals surface area contributed by atoms with Crippen molar-refractivity contribution < 1.29 is 0 Å². The molecule has 1 aliphatic carbocycles. The largest absolute Gasteiger partial charge is 0.354 e. The van der Waals surface area contributed by atoms with Gasteiger partial charge in [0.2, 0.25) is 0 Å². The number of rotatable bonds is 3. The van der Waals surface area contributed by atoms with E-state index in [1.165, 1.54) is 12.0 Å². The summed E-state index contributed by atoms with van der Waals surface area (Å²) < 4.78 is 0. The molecule has 1 N–H and O–H groups in total. The fourth-order valence-electron chi connectivity index (χ4n) is 5.09. The Kier molecular flexibility index (Phi) is 5.09. The average molecular weight is 412 g/mol. The van der Waals surface area contributed by atoms with E-state index in [0.717, 1.165) is 49.9 Å². The molecule has 1 spiro atoms. The smallest absolute Gasteiger partial charge is 0.143 e. The number of likely N-dealkylation sites (N-methyl/N-ethyl adjacent to an activating group) is 1. The van der Waals surface area contributed by atoms with Gasteiger partial charge in [0.1, 0.15) is 23.8 Å². The number of halogens is 1. The quantitative estimate of drug-likeness (QED) is 0.831. The third kappa shape index (κ3) is 3.02. The summed E-state index contributed by atoms with van der Waals surface area (Å²) in [6.45, 7) is 5.15. The molecule has 152 valence electrons. The summed E-state index contributed by atoms with van der Waals surface area (Å²) in [7, 11) is 2.04. The van der Waals surface area contributed by atoms with E-state index in [0.29, 0.717) is 17.5 Å². The Bertz CT molecular complexity index is 952. The topological polar surface area (TPSA) is 81.0 Å². The Balaban J connectivity index is 0.00000205. The Morgan fingerprint density at radius 2 is 2.00 bits per heavy atom. The van der Waals surface area contributed by atoms with Crippen LogP contribution >= 0.6 is 12.4 Å². The van der Waals surface area contributed by atoms with Crippen LogP contribution < -0.4 is 15.1 Å². The lowest BCUT2D eigenvalue weighted by molar-refractivity contribution is 0.266. The van der Waals surface area contributed by atoms with Gasteiger partial charge in [0, 0.05) is 42.9 Å². The minimum absolute atomic E-state index is 0. The molecule has 0 aromatic carbocycles. The molecular formula is C21H26ClN7. The van der Waals surface area contributed by atoms with E-state index in [-0.39, 0.29) is 17.8 Å². The van der Waals surface area contributed by atoms with Gasteiger partial charge < -0.3 is 15.1 Å². The fraction of sp³-hybridized carbons (Fsp3) is 0.524. The second-order valence-electron chi connectivity index (χ2n) is 8.41. The van der Waals surface area contributed by atoms with Gasteiger partial charge in [0.25, 0.3) is 0 Å². The average Bonchev–Trinajstić information content (AvgIpc) is 3.26. The van der Waals surface area contributed by atoms with Crippen LogP contribution in [0.15, 0.2) is 24.7 Å². The molecule has 2 fully saturated rings. The summed E-state index contributed by atoms with van der Waals surface area (Å²) >= 11 is 0. The predicted octanol–water partition coefficient (Wildman–Crippen LogP) is 2.78. The number of hydrogen-bond acceptors (Lipinski definition) is 7. The molecule has 2 atom stereocenters. The van der Waals surface area contributed by atoms with Crippen LogP contribution in [0.1, 0.15) is 37.3 Å². The molecule has 0 amide bonds. The lowest BCUT2D eigenvalue weighted by atomic mass is 9.66. The van der Waals surface area contributed by atoms with Crippen molar-refractivity contribution in [1.82, 2.24) is 20.3 Å². The summed E-state index contributed by atoms with van der Waals surface area (Å²) in [6.07, 6.45) is 6.95. The Labute approximate surface area is 177 Å². The van der Waals surface area contributed by atoms with Gasteiger partial charge in [0.15, 0.2) is 0 Å². The van der Waals surface area contributed by atoms with Crippen molar-refractivity contribution in [2.24, 2.45) is 5.92 Å². The first-order valence-corrected chi connectivity index (χ1v) is 10.1. The zero-order valence-corrected chi connectivity index (χ0v) is 17.6. The van der Waals surface area contributed by atoms with E-state index in [9.17, 15) is 5.26 Å². The summed E-state index contributed by atoms with van der Waals surface area (Å²) in [5, 5.41) is 12.7. The minimum Gasteiger partial charge on any atom is -0.354 e. The molecule has 3 aliphatic rings. The summed E-state index contributed by atoms with van der Waals surface area (Å²) in [5.41, 5.74) is 2.02. The normalized spacial score (nSPS) is 24.0. The van der Waals surface area contributed by atoms with Crippen molar-refractivity contribution in [2.45, 2.75) is 37.6 Å². The number of nitrogens with one attached hydrogen (secondary N) is 1. The Morgan fingerprint density at radius 1 is 1.21 bits per heavy atom. The van der Waals surface area contributed by atoms with Crippen molar-refractivity contribution in [2.75, 3.05) is 36.5 Å². The van der Waals surface area contributed by atoms with Crippen molar-refractivity contribution in [1.29, 1.82) is 5.26 Å². The van der Waals surface area contributed by atoms with Crippen LogP contribution in [0, 0.1) is 17.2 Å². The highest BCUT2D eigenvalue weighted by Gasteiger charge is 2.51. The van der Waals surface area contributed by atoms with Gasteiger partial charge in [-0.2, -0.15) is 5.26 Å². The van der Waals surface area contributed by atoms with Gasteiger partial charge in [-0.15, -0.1) is 12.4 Å². The number of hydrogen-bond donors (Lipinski definition) is 1. The summed E-state index contributed by atoms with van der Waals surface area (Å²) in [6, 6.07) is 6.31. The number of nitriles is 1. The molecule has 2 aliphatic heterocycles. The Hall–Kier alpha value is -2.43. The van der Waals surface area contributed by atoms with E-state index in [1.54, 1.807) is 18.6 Å². The van der Waals surface area contributed by atoms with E-state index in [2.05, 4.69) is 38.1 Å². The van der Waals surface area contributed by atoms with Crippen molar-refractivity contribution in [3.05, 3.63) is 35.8 Å².